The van der Waals surface area contributed by atoms with Crippen LogP contribution in [0.25, 0.3) is 0 Å². The van der Waals surface area contributed by atoms with Crippen LogP contribution in [0.2, 0.25) is 0 Å². The van der Waals surface area contributed by atoms with Crippen LogP contribution in [0.1, 0.15) is 58.3 Å². The number of carbonyl (C=O) groups excluding carboxylic acids is 1. The van der Waals surface area contributed by atoms with E-state index in [4.69, 9.17) is 9.47 Å². The maximum Gasteiger partial charge on any atom is 0.326 e. The van der Waals surface area contributed by atoms with Gasteiger partial charge >= 0.3 is 5.97 Å². The van der Waals surface area contributed by atoms with E-state index in [9.17, 15) is 4.79 Å². The van der Waals surface area contributed by atoms with Crippen LogP contribution in [0, 0.1) is 11.8 Å². The Bertz CT molecular complexity index is 330. The number of methoxy groups -OCH3 is 1. The van der Waals surface area contributed by atoms with E-state index in [2.05, 4.69) is 12.2 Å². The number of ether oxygens (including phenoxy) is 2. The highest BCUT2D eigenvalue weighted by Crippen LogP contribution is 2.39. The van der Waals surface area contributed by atoms with Gasteiger partial charge < -0.3 is 14.8 Å². The summed E-state index contributed by atoms with van der Waals surface area (Å²) in [5.41, 5.74) is -0.471. The Balaban J connectivity index is 1.75. The van der Waals surface area contributed by atoms with Crippen molar-refractivity contribution >= 4 is 5.97 Å². The van der Waals surface area contributed by atoms with Gasteiger partial charge in [0.2, 0.25) is 0 Å². The van der Waals surface area contributed by atoms with Crippen LogP contribution in [-0.2, 0) is 14.3 Å². The summed E-state index contributed by atoms with van der Waals surface area (Å²) in [6.45, 7) is 4.49. The van der Waals surface area contributed by atoms with Gasteiger partial charge in [0, 0.05) is 13.2 Å². The van der Waals surface area contributed by atoms with Crippen LogP contribution in [-0.4, -0.2) is 38.4 Å². The molecular weight excluding hydrogens is 266 g/mol. The molecule has 4 heteroatoms. The number of carbonyl (C=O) groups is 1. The van der Waals surface area contributed by atoms with Crippen molar-refractivity contribution in [3.63, 3.8) is 0 Å². The number of likely N-dealkylation sites (N-methyl/N-ethyl adjacent to an activating group) is 1. The van der Waals surface area contributed by atoms with Gasteiger partial charge in [-0.25, -0.2) is 0 Å². The Labute approximate surface area is 129 Å². The summed E-state index contributed by atoms with van der Waals surface area (Å²) in [7, 11) is 1.49. The van der Waals surface area contributed by atoms with Crippen molar-refractivity contribution < 1.29 is 14.3 Å². The molecule has 0 aliphatic heterocycles. The second-order valence-electron chi connectivity index (χ2n) is 6.57. The van der Waals surface area contributed by atoms with Gasteiger partial charge in [-0.15, -0.1) is 0 Å². The van der Waals surface area contributed by atoms with Crippen LogP contribution in [0.15, 0.2) is 0 Å². The molecule has 0 radical (unpaired) electrons. The molecule has 2 fully saturated rings. The van der Waals surface area contributed by atoms with Crippen molar-refractivity contribution in [3.05, 3.63) is 0 Å². The first-order valence-electron chi connectivity index (χ1n) is 8.64. The fourth-order valence-corrected chi connectivity index (χ4v) is 3.90. The first-order valence-corrected chi connectivity index (χ1v) is 8.64. The Morgan fingerprint density at radius 2 is 1.95 bits per heavy atom. The lowest BCUT2D eigenvalue weighted by Gasteiger charge is -2.33. The zero-order valence-electron chi connectivity index (χ0n) is 13.7. The first-order chi connectivity index (χ1) is 10.2. The van der Waals surface area contributed by atoms with E-state index >= 15 is 0 Å². The van der Waals surface area contributed by atoms with E-state index in [1.165, 1.54) is 32.8 Å². The lowest BCUT2D eigenvalue weighted by molar-refractivity contribution is -0.150. The molecule has 0 amide bonds. The van der Waals surface area contributed by atoms with Crippen molar-refractivity contribution in [2.75, 3.05) is 26.9 Å². The molecule has 0 saturated heterocycles. The average molecular weight is 297 g/mol. The highest BCUT2D eigenvalue weighted by molar-refractivity contribution is 5.81. The van der Waals surface area contributed by atoms with Crippen molar-refractivity contribution in [2.24, 2.45) is 11.8 Å². The number of esters is 1. The molecule has 122 valence electrons. The molecule has 2 rings (SSSR count). The smallest absolute Gasteiger partial charge is 0.326 e. The maximum atomic E-state index is 12.2. The van der Waals surface area contributed by atoms with E-state index in [0.717, 1.165) is 51.4 Å². The van der Waals surface area contributed by atoms with Crippen molar-refractivity contribution in [1.82, 2.24) is 5.32 Å². The Morgan fingerprint density at radius 1 is 1.19 bits per heavy atom. The minimum atomic E-state index is -0.471. The van der Waals surface area contributed by atoms with Gasteiger partial charge in [-0.2, -0.15) is 0 Å². The Kier molecular flexibility index (Phi) is 6.49. The molecule has 0 aromatic carbocycles. The zero-order valence-corrected chi connectivity index (χ0v) is 13.7. The average Bonchev–Trinajstić information content (AvgIpc) is 2.84. The summed E-state index contributed by atoms with van der Waals surface area (Å²) >= 11 is 0. The summed E-state index contributed by atoms with van der Waals surface area (Å²) < 4.78 is 10.9. The van der Waals surface area contributed by atoms with Gasteiger partial charge in [0.15, 0.2) is 0 Å². The van der Waals surface area contributed by atoms with Gasteiger partial charge in [-0.1, -0.05) is 32.6 Å². The standard InChI is InChI=1S/C17H31NO3/c1-3-18-17(16(19)20-2)11-5-8-15(17)10-13-21-12-9-14-6-4-7-14/h14-15,18H,3-13H2,1-2H3. The summed E-state index contributed by atoms with van der Waals surface area (Å²) in [6, 6.07) is 0. The molecule has 0 aromatic rings. The number of rotatable bonds is 9. The summed E-state index contributed by atoms with van der Waals surface area (Å²) in [5.74, 6) is 1.15. The molecule has 4 nitrogen and oxygen atoms in total. The van der Waals surface area contributed by atoms with Crippen LogP contribution >= 0.6 is 0 Å². The third-order valence-corrected chi connectivity index (χ3v) is 5.37. The minimum absolute atomic E-state index is 0.0960. The SMILES string of the molecule is CCNC1(C(=O)OC)CCCC1CCOCCC1CCC1. The van der Waals surface area contributed by atoms with E-state index < -0.39 is 5.54 Å². The number of nitrogens with one attached hydrogen (secondary N) is 1. The largest absolute Gasteiger partial charge is 0.468 e. The van der Waals surface area contributed by atoms with Crippen LogP contribution in [0.4, 0.5) is 0 Å². The monoisotopic (exact) mass is 297 g/mol. The fraction of sp³-hybridized carbons (Fsp3) is 0.941. The second-order valence-corrected chi connectivity index (χ2v) is 6.57. The highest BCUT2D eigenvalue weighted by atomic mass is 16.5. The van der Waals surface area contributed by atoms with Crippen molar-refractivity contribution in [2.45, 2.75) is 63.8 Å². The molecule has 21 heavy (non-hydrogen) atoms. The highest BCUT2D eigenvalue weighted by Gasteiger charge is 2.48. The molecule has 2 aliphatic carbocycles. The predicted molar refractivity (Wildman–Crippen MR) is 83.2 cm³/mol. The molecular formula is C17H31NO3. The Hall–Kier alpha value is -0.610. The topological polar surface area (TPSA) is 47.6 Å². The van der Waals surface area contributed by atoms with Gasteiger partial charge in [0.05, 0.1) is 7.11 Å². The first kappa shape index (κ1) is 16.8. The summed E-state index contributed by atoms with van der Waals surface area (Å²) in [6.07, 6.45) is 9.41. The normalized spacial score (nSPS) is 29.3. The molecule has 1 N–H and O–H groups in total. The van der Waals surface area contributed by atoms with Crippen LogP contribution < -0.4 is 5.32 Å². The molecule has 0 heterocycles. The van der Waals surface area contributed by atoms with E-state index in [1.54, 1.807) is 0 Å². The summed E-state index contributed by atoms with van der Waals surface area (Å²) in [5, 5.41) is 3.41. The van der Waals surface area contributed by atoms with E-state index in [-0.39, 0.29) is 5.97 Å². The quantitative estimate of drug-likeness (QED) is 0.525. The van der Waals surface area contributed by atoms with E-state index in [1.807, 2.05) is 0 Å². The van der Waals surface area contributed by atoms with Crippen LogP contribution in [0.5, 0.6) is 0 Å². The van der Waals surface area contributed by atoms with Crippen LogP contribution in [0.3, 0.4) is 0 Å². The molecule has 0 bridgehead atoms. The molecule has 0 spiro atoms. The van der Waals surface area contributed by atoms with Crippen molar-refractivity contribution in [3.8, 4) is 0 Å². The predicted octanol–water partition coefficient (Wildman–Crippen LogP) is 2.90. The number of hydrogen-bond donors (Lipinski definition) is 1. The van der Waals surface area contributed by atoms with Gasteiger partial charge in [-0.3, -0.25) is 4.79 Å². The van der Waals surface area contributed by atoms with Gasteiger partial charge in [0.1, 0.15) is 5.54 Å². The lowest BCUT2D eigenvalue weighted by atomic mass is 9.83. The number of hydrogen-bond acceptors (Lipinski definition) is 4. The molecule has 0 aromatic heterocycles. The van der Waals surface area contributed by atoms with Gasteiger partial charge in [0.25, 0.3) is 0 Å². The lowest BCUT2D eigenvalue weighted by Crippen LogP contribution is -2.55. The van der Waals surface area contributed by atoms with E-state index in [0.29, 0.717) is 5.92 Å². The molecule has 2 atom stereocenters. The van der Waals surface area contributed by atoms with Crippen molar-refractivity contribution in [1.29, 1.82) is 0 Å². The molecule has 2 aliphatic rings. The maximum absolute atomic E-state index is 12.2. The van der Waals surface area contributed by atoms with Gasteiger partial charge in [-0.05, 0) is 44.1 Å². The fourth-order valence-electron chi connectivity index (χ4n) is 3.90. The second kappa shape index (κ2) is 8.14. The zero-order chi connectivity index (χ0) is 15.1. The summed E-state index contributed by atoms with van der Waals surface area (Å²) in [4.78, 5) is 12.2. The molecule has 2 unspecified atom stereocenters. The Morgan fingerprint density at radius 3 is 2.57 bits per heavy atom. The minimum Gasteiger partial charge on any atom is -0.468 e. The third kappa shape index (κ3) is 3.98. The third-order valence-electron chi connectivity index (χ3n) is 5.37. The molecule has 2 saturated carbocycles.